The van der Waals surface area contributed by atoms with Gasteiger partial charge in [0.1, 0.15) is 0 Å². The molecule has 0 spiro atoms. The third-order valence-corrected chi connectivity index (χ3v) is 2.97. The largest absolute Gasteiger partial charge is 0.348 e. The minimum atomic E-state index is -0.144. The fourth-order valence-corrected chi connectivity index (χ4v) is 1.89. The van der Waals surface area contributed by atoms with Gasteiger partial charge < -0.3 is 10.6 Å². The van der Waals surface area contributed by atoms with Crippen molar-refractivity contribution in [3.8, 4) is 0 Å². The summed E-state index contributed by atoms with van der Waals surface area (Å²) in [5.74, 6) is -0.248. The normalized spacial score (nSPS) is 10.4. The van der Waals surface area contributed by atoms with E-state index >= 15 is 0 Å². The monoisotopic (exact) mass is 294 g/mol. The van der Waals surface area contributed by atoms with Crippen molar-refractivity contribution in [1.82, 2.24) is 5.32 Å². The van der Waals surface area contributed by atoms with Crippen LogP contribution >= 0.6 is 0 Å². The quantitative estimate of drug-likeness (QED) is 0.833. The Morgan fingerprint density at radius 1 is 1.00 bits per heavy atom. The van der Waals surface area contributed by atoms with Gasteiger partial charge in [0, 0.05) is 25.2 Å². The molecule has 0 aromatic heterocycles. The van der Waals surface area contributed by atoms with Crippen LogP contribution in [0.1, 0.15) is 18.1 Å². The van der Waals surface area contributed by atoms with Crippen LogP contribution in [0.15, 0.2) is 60.7 Å². The molecule has 4 heteroatoms. The molecule has 0 heterocycles. The first-order valence-corrected chi connectivity index (χ1v) is 7.01. The van der Waals surface area contributed by atoms with E-state index in [2.05, 4.69) is 10.6 Å². The highest BCUT2D eigenvalue weighted by atomic mass is 16.2. The molecule has 22 heavy (non-hydrogen) atoms. The van der Waals surface area contributed by atoms with E-state index in [1.54, 1.807) is 6.08 Å². The first-order chi connectivity index (χ1) is 10.6. The fourth-order valence-electron chi connectivity index (χ4n) is 1.89. The number of nitrogens with one attached hydrogen (secondary N) is 2. The predicted octanol–water partition coefficient (Wildman–Crippen LogP) is 2.97. The standard InChI is InChI=1S/C18H18N2O2/c1-14(21)20-17-10-7-16(8-11-17)13-19-18(22)12-9-15-5-3-2-4-6-15/h2-12H,13H2,1H3,(H,19,22)(H,20,21). The molecule has 2 rings (SSSR count). The van der Waals surface area contributed by atoms with Crippen LogP contribution in [0.5, 0.6) is 0 Å². The molecule has 0 saturated heterocycles. The lowest BCUT2D eigenvalue weighted by molar-refractivity contribution is -0.116. The third kappa shape index (κ3) is 5.25. The second kappa shape index (κ2) is 7.78. The molecule has 2 amide bonds. The smallest absolute Gasteiger partial charge is 0.244 e. The van der Waals surface area contributed by atoms with E-state index in [4.69, 9.17) is 0 Å². The van der Waals surface area contributed by atoms with Gasteiger partial charge in [0.25, 0.3) is 0 Å². The summed E-state index contributed by atoms with van der Waals surface area (Å²) in [6.45, 7) is 1.91. The van der Waals surface area contributed by atoms with Crippen LogP contribution in [0.25, 0.3) is 6.08 Å². The highest BCUT2D eigenvalue weighted by Crippen LogP contribution is 2.09. The molecule has 2 N–H and O–H groups in total. The average molecular weight is 294 g/mol. The number of amides is 2. The Labute approximate surface area is 129 Å². The number of carbonyl (C=O) groups is 2. The van der Waals surface area contributed by atoms with Crippen LogP contribution in [0.4, 0.5) is 5.69 Å². The number of anilines is 1. The SMILES string of the molecule is CC(=O)Nc1ccc(CNC(=O)C=Cc2ccccc2)cc1. The summed E-state index contributed by atoms with van der Waals surface area (Å²) >= 11 is 0. The molecular weight excluding hydrogens is 276 g/mol. The second-order valence-corrected chi connectivity index (χ2v) is 4.84. The molecule has 2 aromatic rings. The first kappa shape index (κ1) is 15.5. The van der Waals surface area contributed by atoms with Crippen molar-refractivity contribution >= 4 is 23.6 Å². The lowest BCUT2D eigenvalue weighted by atomic mass is 10.2. The van der Waals surface area contributed by atoms with Crippen molar-refractivity contribution in [2.45, 2.75) is 13.5 Å². The number of hydrogen-bond donors (Lipinski definition) is 2. The van der Waals surface area contributed by atoms with Crippen LogP contribution in [0.2, 0.25) is 0 Å². The van der Waals surface area contributed by atoms with Crippen LogP contribution < -0.4 is 10.6 Å². The third-order valence-electron chi connectivity index (χ3n) is 2.97. The van der Waals surface area contributed by atoms with Crippen molar-refractivity contribution in [3.63, 3.8) is 0 Å². The summed E-state index contributed by atoms with van der Waals surface area (Å²) in [5, 5.41) is 5.51. The maximum Gasteiger partial charge on any atom is 0.244 e. The molecule has 0 unspecified atom stereocenters. The zero-order valence-corrected chi connectivity index (χ0v) is 12.4. The van der Waals surface area contributed by atoms with Gasteiger partial charge >= 0.3 is 0 Å². The van der Waals surface area contributed by atoms with Crippen LogP contribution in [0.3, 0.4) is 0 Å². The van der Waals surface area contributed by atoms with Gasteiger partial charge in [-0.1, -0.05) is 42.5 Å². The van der Waals surface area contributed by atoms with Gasteiger partial charge in [-0.2, -0.15) is 0 Å². The molecular formula is C18H18N2O2. The maximum absolute atomic E-state index is 11.7. The Balaban J connectivity index is 1.83. The van der Waals surface area contributed by atoms with Crippen LogP contribution in [0, 0.1) is 0 Å². The lowest BCUT2D eigenvalue weighted by Gasteiger charge is -2.05. The molecule has 0 saturated carbocycles. The highest BCUT2D eigenvalue weighted by Gasteiger charge is 1.99. The maximum atomic E-state index is 11.7. The summed E-state index contributed by atoms with van der Waals surface area (Å²) in [7, 11) is 0. The number of hydrogen-bond acceptors (Lipinski definition) is 2. The van der Waals surface area contributed by atoms with E-state index < -0.39 is 0 Å². The van der Waals surface area contributed by atoms with Crippen molar-refractivity contribution in [2.24, 2.45) is 0 Å². The summed E-state index contributed by atoms with van der Waals surface area (Å²) in [5.41, 5.74) is 2.69. The summed E-state index contributed by atoms with van der Waals surface area (Å²) < 4.78 is 0. The van der Waals surface area contributed by atoms with E-state index in [-0.39, 0.29) is 11.8 Å². The van der Waals surface area contributed by atoms with Crippen molar-refractivity contribution in [1.29, 1.82) is 0 Å². The van der Waals surface area contributed by atoms with Crippen LogP contribution in [-0.2, 0) is 16.1 Å². The van der Waals surface area contributed by atoms with Gasteiger partial charge in [-0.3, -0.25) is 9.59 Å². The molecule has 0 aliphatic carbocycles. The molecule has 2 aromatic carbocycles. The van der Waals surface area contributed by atoms with Crippen molar-refractivity contribution in [3.05, 3.63) is 71.8 Å². The van der Waals surface area contributed by atoms with E-state index in [1.165, 1.54) is 13.0 Å². The predicted molar refractivity (Wildman–Crippen MR) is 88.1 cm³/mol. The Hall–Kier alpha value is -2.88. The first-order valence-electron chi connectivity index (χ1n) is 7.01. The molecule has 0 aliphatic heterocycles. The van der Waals surface area contributed by atoms with Gasteiger partial charge in [-0.05, 0) is 29.3 Å². The van der Waals surface area contributed by atoms with Gasteiger partial charge in [0.15, 0.2) is 0 Å². The van der Waals surface area contributed by atoms with E-state index in [0.717, 1.165) is 16.8 Å². The van der Waals surface area contributed by atoms with Gasteiger partial charge in [-0.25, -0.2) is 0 Å². The van der Waals surface area contributed by atoms with Crippen LogP contribution in [-0.4, -0.2) is 11.8 Å². The van der Waals surface area contributed by atoms with Gasteiger partial charge in [0.05, 0.1) is 0 Å². The minimum Gasteiger partial charge on any atom is -0.348 e. The molecule has 0 bridgehead atoms. The van der Waals surface area contributed by atoms with Gasteiger partial charge in [-0.15, -0.1) is 0 Å². The fraction of sp³-hybridized carbons (Fsp3) is 0.111. The zero-order valence-electron chi connectivity index (χ0n) is 12.4. The summed E-state index contributed by atoms with van der Waals surface area (Å²) in [6, 6.07) is 17.0. The van der Waals surface area contributed by atoms with E-state index in [0.29, 0.717) is 6.54 Å². The lowest BCUT2D eigenvalue weighted by Crippen LogP contribution is -2.20. The summed E-state index contributed by atoms with van der Waals surface area (Å²) in [4.78, 5) is 22.7. The Morgan fingerprint density at radius 2 is 1.68 bits per heavy atom. The second-order valence-electron chi connectivity index (χ2n) is 4.84. The summed E-state index contributed by atoms with van der Waals surface area (Å²) in [6.07, 6.45) is 3.29. The van der Waals surface area contributed by atoms with E-state index in [1.807, 2.05) is 54.6 Å². The Bertz CT molecular complexity index is 661. The Kier molecular flexibility index (Phi) is 5.49. The molecule has 0 aliphatic rings. The number of benzene rings is 2. The van der Waals surface area contributed by atoms with Crippen molar-refractivity contribution < 1.29 is 9.59 Å². The molecule has 4 nitrogen and oxygen atoms in total. The molecule has 0 fully saturated rings. The molecule has 0 atom stereocenters. The highest BCUT2D eigenvalue weighted by molar-refractivity contribution is 5.91. The number of carbonyl (C=O) groups excluding carboxylic acids is 2. The van der Waals surface area contributed by atoms with Crippen molar-refractivity contribution in [2.75, 3.05) is 5.32 Å². The zero-order chi connectivity index (χ0) is 15.8. The van der Waals surface area contributed by atoms with E-state index in [9.17, 15) is 9.59 Å². The topological polar surface area (TPSA) is 58.2 Å². The number of rotatable bonds is 5. The average Bonchev–Trinajstić information content (AvgIpc) is 2.53. The molecule has 112 valence electrons. The van der Waals surface area contributed by atoms with Gasteiger partial charge in [0.2, 0.25) is 11.8 Å². The minimum absolute atomic E-state index is 0.105. The Morgan fingerprint density at radius 3 is 2.32 bits per heavy atom. The molecule has 0 radical (unpaired) electrons.